The van der Waals surface area contributed by atoms with Crippen LogP contribution in [-0.2, 0) is 4.79 Å². The van der Waals surface area contributed by atoms with Crippen LogP contribution in [0.3, 0.4) is 0 Å². The second-order valence-electron chi connectivity index (χ2n) is 5.85. The summed E-state index contributed by atoms with van der Waals surface area (Å²) in [6, 6.07) is 0.0522. The van der Waals surface area contributed by atoms with Gasteiger partial charge in [-0.1, -0.05) is 11.6 Å². The molecular weight excluding hydrogens is 244 g/mol. The first kappa shape index (κ1) is 15.8. The molecule has 1 aliphatic heterocycles. The largest absolute Gasteiger partial charge is 0.409 e. The Morgan fingerprint density at radius 3 is 2.53 bits per heavy atom. The number of nitrogens with two attached hydrogens (primary N) is 1. The Balaban J connectivity index is 2.47. The molecule has 0 aromatic carbocycles. The number of hydrogen-bond acceptors (Lipinski definition) is 4. The minimum Gasteiger partial charge on any atom is -0.409 e. The zero-order valence-corrected chi connectivity index (χ0v) is 12.1. The van der Waals surface area contributed by atoms with Crippen LogP contribution in [0.25, 0.3) is 0 Å². The number of nitrogens with one attached hydrogen (secondary N) is 1. The Kier molecular flexibility index (Phi) is 5.60. The van der Waals surface area contributed by atoms with Crippen molar-refractivity contribution in [1.82, 2.24) is 10.2 Å². The average Bonchev–Trinajstić information content (AvgIpc) is 2.38. The first-order valence-corrected chi connectivity index (χ1v) is 6.89. The van der Waals surface area contributed by atoms with E-state index in [-0.39, 0.29) is 17.8 Å². The molecule has 0 aromatic heterocycles. The number of carbonyl (C=O) groups excluding carboxylic acids is 1. The van der Waals surface area contributed by atoms with Crippen molar-refractivity contribution < 1.29 is 10.0 Å². The molecule has 6 heteroatoms. The molecule has 110 valence electrons. The topological polar surface area (TPSA) is 91.0 Å². The fraction of sp³-hybridized carbons (Fsp3) is 0.846. The van der Waals surface area contributed by atoms with E-state index in [4.69, 9.17) is 10.9 Å². The molecule has 1 aliphatic rings. The van der Waals surface area contributed by atoms with Crippen LogP contribution in [0.2, 0.25) is 0 Å². The zero-order chi connectivity index (χ0) is 14.5. The molecule has 1 amide bonds. The molecule has 1 atom stereocenters. The zero-order valence-electron chi connectivity index (χ0n) is 12.1. The molecule has 19 heavy (non-hydrogen) atoms. The van der Waals surface area contributed by atoms with Gasteiger partial charge in [-0.05, 0) is 46.7 Å². The number of carbonyl (C=O) groups is 1. The maximum atomic E-state index is 12.1. The molecule has 1 fully saturated rings. The number of oxime groups is 1. The number of amides is 1. The number of hydrogen-bond donors (Lipinski definition) is 3. The average molecular weight is 270 g/mol. The number of likely N-dealkylation sites (tertiary alicyclic amines) is 1. The molecule has 0 bridgehead atoms. The predicted octanol–water partition coefficient (Wildman–Crippen LogP) is 0.750. The molecule has 0 aliphatic carbocycles. The van der Waals surface area contributed by atoms with Crippen molar-refractivity contribution in [3.05, 3.63) is 0 Å². The summed E-state index contributed by atoms with van der Waals surface area (Å²) in [5.41, 5.74) is 4.55. The van der Waals surface area contributed by atoms with Crippen LogP contribution in [0.1, 0.15) is 40.0 Å². The Bertz CT molecular complexity index is 336. The first-order valence-electron chi connectivity index (χ1n) is 6.89. The SMILES string of the molecule is CC(CN1CCCCC1)NC(=O)C(C)(C)C(N)=NO. The van der Waals surface area contributed by atoms with Crippen molar-refractivity contribution in [3.8, 4) is 0 Å². The molecule has 0 radical (unpaired) electrons. The highest BCUT2D eigenvalue weighted by Crippen LogP contribution is 2.16. The third-order valence-corrected chi connectivity index (χ3v) is 3.67. The first-order chi connectivity index (χ1) is 8.87. The van der Waals surface area contributed by atoms with Crippen LogP contribution < -0.4 is 11.1 Å². The number of rotatable bonds is 5. The minimum atomic E-state index is -0.995. The van der Waals surface area contributed by atoms with E-state index in [1.54, 1.807) is 13.8 Å². The van der Waals surface area contributed by atoms with Crippen LogP contribution in [0.5, 0.6) is 0 Å². The van der Waals surface area contributed by atoms with Gasteiger partial charge in [0, 0.05) is 12.6 Å². The number of nitrogens with zero attached hydrogens (tertiary/aromatic N) is 2. The Morgan fingerprint density at radius 1 is 1.42 bits per heavy atom. The van der Waals surface area contributed by atoms with E-state index < -0.39 is 5.41 Å². The summed E-state index contributed by atoms with van der Waals surface area (Å²) in [6.45, 7) is 8.32. The van der Waals surface area contributed by atoms with Gasteiger partial charge in [0.05, 0.1) is 0 Å². The lowest BCUT2D eigenvalue weighted by Crippen LogP contribution is -2.51. The van der Waals surface area contributed by atoms with Crippen molar-refractivity contribution >= 4 is 11.7 Å². The van der Waals surface area contributed by atoms with Gasteiger partial charge in [-0.3, -0.25) is 4.79 Å². The fourth-order valence-electron chi connectivity index (χ4n) is 2.22. The van der Waals surface area contributed by atoms with Crippen molar-refractivity contribution in [2.75, 3.05) is 19.6 Å². The van der Waals surface area contributed by atoms with E-state index in [0.717, 1.165) is 19.6 Å². The van der Waals surface area contributed by atoms with Gasteiger partial charge >= 0.3 is 0 Å². The highest BCUT2D eigenvalue weighted by Gasteiger charge is 2.33. The van der Waals surface area contributed by atoms with Crippen molar-refractivity contribution in [3.63, 3.8) is 0 Å². The van der Waals surface area contributed by atoms with Gasteiger partial charge < -0.3 is 21.2 Å². The molecule has 0 aromatic rings. The molecule has 1 heterocycles. The molecule has 4 N–H and O–H groups in total. The summed E-state index contributed by atoms with van der Waals surface area (Å²) in [7, 11) is 0. The van der Waals surface area contributed by atoms with E-state index in [0.29, 0.717) is 0 Å². The van der Waals surface area contributed by atoms with E-state index in [2.05, 4.69) is 15.4 Å². The minimum absolute atomic E-state index is 0.0522. The van der Waals surface area contributed by atoms with Crippen molar-refractivity contribution in [1.29, 1.82) is 0 Å². The summed E-state index contributed by atoms with van der Waals surface area (Å²) in [5, 5.41) is 14.5. The smallest absolute Gasteiger partial charge is 0.233 e. The van der Waals surface area contributed by atoms with Gasteiger partial charge in [0.2, 0.25) is 5.91 Å². The van der Waals surface area contributed by atoms with Crippen LogP contribution in [0.15, 0.2) is 5.16 Å². The number of amidine groups is 1. The summed E-state index contributed by atoms with van der Waals surface area (Å²) < 4.78 is 0. The Labute approximate surface area is 115 Å². The second kappa shape index (κ2) is 6.75. The van der Waals surface area contributed by atoms with E-state index in [9.17, 15) is 4.79 Å². The fourth-order valence-corrected chi connectivity index (χ4v) is 2.22. The lowest BCUT2D eigenvalue weighted by atomic mass is 9.90. The Morgan fingerprint density at radius 2 is 2.00 bits per heavy atom. The summed E-state index contributed by atoms with van der Waals surface area (Å²) in [5.74, 6) is -0.289. The maximum absolute atomic E-state index is 12.1. The molecule has 0 saturated carbocycles. The molecular formula is C13H26N4O2. The van der Waals surface area contributed by atoms with Crippen molar-refractivity contribution in [2.24, 2.45) is 16.3 Å². The summed E-state index contributed by atoms with van der Waals surface area (Å²) in [6.07, 6.45) is 3.76. The van der Waals surface area contributed by atoms with Gasteiger partial charge in [0.25, 0.3) is 0 Å². The van der Waals surface area contributed by atoms with Gasteiger partial charge in [-0.25, -0.2) is 0 Å². The van der Waals surface area contributed by atoms with Crippen LogP contribution in [0.4, 0.5) is 0 Å². The predicted molar refractivity (Wildman–Crippen MR) is 75.1 cm³/mol. The third kappa shape index (κ3) is 4.38. The monoisotopic (exact) mass is 270 g/mol. The lowest BCUT2D eigenvalue weighted by Gasteiger charge is -2.31. The van der Waals surface area contributed by atoms with Gasteiger partial charge in [-0.15, -0.1) is 0 Å². The molecule has 1 unspecified atom stereocenters. The molecule has 6 nitrogen and oxygen atoms in total. The van der Waals surface area contributed by atoms with Crippen LogP contribution in [0, 0.1) is 5.41 Å². The van der Waals surface area contributed by atoms with Gasteiger partial charge in [0.15, 0.2) is 5.84 Å². The van der Waals surface area contributed by atoms with E-state index in [1.807, 2.05) is 6.92 Å². The lowest BCUT2D eigenvalue weighted by molar-refractivity contribution is -0.127. The quantitative estimate of drug-likeness (QED) is 0.297. The second-order valence-corrected chi connectivity index (χ2v) is 5.85. The third-order valence-electron chi connectivity index (χ3n) is 3.67. The standard InChI is InChI=1S/C13H26N4O2/c1-10(9-17-7-5-4-6-8-17)15-12(18)13(2,3)11(14)16-19/h10,19H,4-9H2,1-3H3,(H2,14,16)(H,15,18). The highest BCUT2D eigenvalue weighted by molar-refractivity contribution is 6.05. The van der Waals surface area contributed by atoms with Crippen molar-refractivity contribution in [2.45, 2.75) is 46.1 Å². The molecule has 0 spiro atoms. The number of piperidine rings is 1. The highest BCUT2D eigenvalue weighted by atomic mass is 16.4. The molecule has 1 rings (SSSR count). The van der Waals surface area contributed by atoms with Crippen LogP contribution in [-0.4, -0.2) is 47.5 Å². The summed E-state index contributed by atoms with van der Waals surface area (Å²) in [4.78, 5) is 14.5. The van der Waals surface area contributed by atoms with E-state index >= 15 is 0 Å². The maximum Gasteiger partial charge on any atom is 0.233 e. The van der Waals surface area contributed by atoms with E-state index in [1.165, 1.54) is 19.3 Å². The van der Waals surface area contributed by atoms with Gasteiger partial charge in [0.1, 0.15) is 5.41 Å². The van der Waals surface area contributed by atoms with Crippen LogP contribution >= 0.6 is 0 Å². The normalized spacial score (nSPS) is 20.1. The van der Waals surface area contributed by atoms with Gasteiger partial charge in [-0.2, -0.15) is 0 Å². The summed E-state index contributed by atoms with van der Waals surface area (Å²) >= 11 is 0. The Hall–Kier alpha value is -1.30. The molecule has 1 saturated heterocycles.